The molecule has 14 heteroatoms. The number of anilines is 1. The molecule has 3 aromatic heterocycles. The molecule has 1 atom stereocenters. The maximum Gasteiger partial charge on any atom is 0.245 e. The molecular weight excluding hydrogens is 514 g/mol. The fourth-order valence-electron chi connectivity index (χ4n) is 3.49. The Morgan fingerprint density at radius 2 is 1.58 bits per heavy atom. The number of nitrogens with one attached hydrogen (secondary N) is 1. The Morgan fingerprint density at radius 1 is 0.947 bits per heavy atom. The lowest BCUT2D eigenvalue weighted by molar-refractivity contribution is 0.0981. The van der Waals surface area contributed by atoms with E-state index in [1.165, 1.54) is 45.2 Å². The summed E-state index contributed by atoms with van der Waals surface area (Å²) in [6.07, 6.45) is 2.87. The maximum absolute atomic E-state index is 13.4. The molecule has 0 saturated heterocycles. The first kappa shape index (κ1) is 26.5. The molecule has 0 radical (unpaired) electrons. The first-order valence-corrected chi connectivity index (χ1v) is 12.8. The highest BCUT2D eigenvalue weighted by atomic mass is 32.2. The molecule has 0 amide bonds. The molecule has 0 fully saturated rings. The van der Waals surface area contributed by atoms with Crippen molar-refractivity contribution in [2.75, 3.05) is 26.1 Å². The summed E-state index contributed by atoms with van der Waals surface area (Å²) < 4.78 is 46.8. The zero-order valence-electron chi connectivity index (χ0n) is 21.2. The number of carbonyl (C=O) groups excluding carboxylic acids is 1. The zero-order valence-corrected chi connectivity index (χ0v) is 22.1. The number of hydrogen-bond acceptors (Lipinski definition) is 11. The van der Waals surface area contributed by atoms with Gasteiger partial charge in [-0.15, -0.1) is 10.2 Å². The number of methoxy groups -OCH3 is 3. The molecular formula is C24H25N7O6S. The van der Waals surface area contributed by atoms with Crippen molar-refractivity contribution in [3.63, 3.8) is 0 Å². The Balaban J connectivity index is 1.85. The van der Waals surface area contributed by atoms with Crippen molar-refractivity contribution >= 4 is 21.8 Å². The molecule has 0 aliphatic heterocycles. The predicted octanol–water partition coefficient (Wildman–Crippen LogP) is 2.47. The van der Waals surface area contributed by atoms with E-state index >= 15 is 0 Å². The number of carbonyl (C=O) groups is 1. The second-order valence-electron chi connectivity index (χ2n) is 8.00. The largest absolute Gasteiger partial charge is 0.494 e. The summed E-state index contributed by atoms with van der Waals surface area (Å²) in [4.78, 5) is 25.2. The monoisotopic (exact) mass is 539 g/mol. The van der Waals surface area contributed by atoms with Gasteiger partial charge in [0, 0.05) is 18.5 Å². The molecule has 3 heterocycles. The Labute approximate surface area is 218 Å². The second kappa shape index (κ2) is 10.8. The minimum absolute atomic E-state index is 0.158. The van der Waals surface area contributed by atoms with E-state index in [4.69, 9.17) is 14.2 Å². The standard InChI is InChI=1S/C24H25N7O6S/c1-14-12-25-22(26-13-14)21(32)15(2)38(33,34)30-24-29-28-23(16-8-6-11-19(27-16)37-5)31(24)20-17(35-3)9-7-10-18(20)36-4/h6-13,15H,1-5H3,(H,29,30). The van der Waals surface area contributed by atoms with Crippen molar-refractivity contribution < 1.29 is 27.4 Å². The van der Waals surface area contributed by atoms with E-state index in [-0.39, 0.29) is 17.6 Å². The van der Waals surface area contributed by atoms with E-state index in [0.29, 0.717) is 28.8 Å². The number of ketones is 1. The number of pyridine rings is 1. The molecule has 0 spiro atoms. The van der Waals surface area contributed by atoms with E-state index < -0.39 is 21.1 Å². The van der Waals surface area contributed by atoms with Gasteiger partial charge in [0.05, 0.1) is 21.3 Å². The Hall–Kier alpha value is -4.59. The number of benzene rings is 1. The van der Waals surface area contributed by atoms with Gasteiger partial charge >= 0.3 is 0 Å². The van der Waals surface area contributed by atoms with E-state index in [9.17, 15) is 13.2 Å². The number of rotatable bonds is 10. The van der Waals surface area contributed by atoms with Crippen LogP contribution < -0.4 is 18.9 Å². The third-order valence-corrected chi connectivity index (χ3v) is 7.13. The van der Waals surface area contributed by atoms with Crippen LogP contribution in [0.3, 0.4) is 0 Å². The van der Waals surface area contributed by atoms with Crippen LogP contribution in [0.15, 0.2) is 48.8 Å². The second-order valence-corrected chi connectivity index (χ2v) is 10.00. The van der Waals surface area contributed by atoms with Crippen LogP contribution in [0.5, 0.6) is 17.4 Å². The first-order valence-electron chi connectivity index (χ1n) is 11.2. The van der Waals surface area contributed by atoms with Crippen LogP contribution in [0.4, 0.5) is 5.95 Å². The molecule has 0 aliphatic carbocycles. The molecule has 0 aliphatic rings. The highest BCUT2D eigenvalue weighted by Crippen LogP contribution is 2.37. The van der Waals surface area contributed by atoms with Crippen LogP contribution in [0.25, 0.3) is 17.2 Å². The van der Waals surface area contributed by atoms with Crippen molar-refractivity contribution in [2.24, 2.45) is 0 Å². The van der Waals surface area contributed by atoms with Crippen molar-refractivity contribution in [2.45, 2.75) is 19.1 Å². The number of para-hydroxylation sites is 1. The van der Waals surface area contributed by atoms with Crippen LogP contribution in [0, 0.1) is 6.92 Å². The summed E-state index contributed by atoms with van der Waals surface area (Å²) in [6, 6.07) is 10.1. The van der Waals surface area contributed by atoms with Gasteiger partial charge in [-0.05, 0) is 37.6 Å². The third-order valence-electron chi connectivity index (χ3n) is 5.52. The van der Waals surface area contributed by atoms with Crippen molar-refractivity contribution in [1.82, 2.24) is 29.7 Å². The molecule has 13 nitrogen and oxygen atoms in total. The van der Waals surface area contributed by atoms with Gasteiger partial charge in [0.15, 0.2) is 11.6 Å². The number of nitrogens with zero attached hydrogens (tertiary/aromatic N) is 6. The fraction of sp³-hybridized carbons (Fsp3) is 0.250. The van der Waals surface area contributed by atoms with Crippen LogP contribution >= 0.6 is 0 Å². The molecule has 198 valence electrons. The van der Waals surface area contributed by atoms with Gasteiger partial charge in [-0.2, -0.15) is 0 Å². The fourth-order valence-corrected chi connectivity index (χ4v) is 4.44. The summed E-state index contributed by atoms with van der Waals surface area (Å²) in [5, 5.41) is 6.72. The first-order chi connectivity index (χ1) is 18.2. The van der Waals surface area contributed by atoms with Crippen LogP contribution in [-0.4, -0.2) is 70.5 Å². The molecule has 4 rings (SSSR count). The average Bonchev–Trinajstić information content (AvgIpc) is 3.34. The van der Waals surface area contributed by atoms with Gasteiger partial charge in [-0.1, -0.05) is 12.1 Å². The van der Waals surface area contributed by atoms with Crippen LogP contribution in [-0.2, 0) is 10.0 Å². The van der Waals surface area contributed by atoms with Crippen LogP contribution in [0.2, 0.25) is 0 Å². The van der Waals surface area contributed by atoms with Gasteiger partial charge in [-0.3, -0.25) is 14.1 Å². The number of aromatic nitrogens is 6. The Kier molecular flexibility index (Phi) is 7.52. The lowest BCUT2D eigenvalue weighted by atomic mass is 10.2. The summed E-state index contributed by atoms with van der Waals surface area (Å²) in [5.74, 6) is -0.0850. The molecule has 1 unspecified atom stereocenters. The summed E-state index contributed by atoms with van der Waals surface area (Å²) >= 11 is 0. The summed E-state index contributed by atoms with van der Waals surface area (Å²) in [5.41, 5.74) is 1.36. The lowest BCUT2D eigenvalue weighted by Gasteiger charge is -2.18. The maximum atomic E-state index is 13.4. The average molecular weight is 540 g/mol. The normalized spacial score (nSPS) is 12.0. The highest BCUT2D eigenvalue weighted by Gasteiger charge is 2.33. The van der Waals surface area contributed by atoms with Gasteiger partial charge in [0.2, 0.25) is 27.6 Å². The summed E-state index contributed by atoms with van der Waals surface area (Å²) in [7, 11) is 0.0295. The summed E-state index contributed by atoms with van der Waals surface area (Å²) in [6.45, 7) is 2.99. The van der Waals surface area contributed by atoms with E-state index in [1.54, 1.807) is 43.3 Å². The SMILES string of the molecule is COc1cccc(-c2nnc(NS(=O)(=O)C(C)C(=O)c3ncc(C)cn3)n2-c2c(OC)cccc2OC)n1. The van der Waals surface area contributed by atoms with Gasteiger partial charge in [-0.25, -0.2) is 23.4 Å². The van der Waals surface area contributed by atoms with Crippen LogP contribution in [0.1, 0.15) is 23.1 Å². The number of ether oxygens (including phenoxy) is 3. The smallest absolute Gasteiger partial charge is 0.245 e. The predicted molar refractivity (Wildman–Crippen MR) is 137 cm³/mol. The van der Waals surface area contributed by atoms with E-state index in [0.717, 1.165) is 5.56 Å². The number of sulfonamides is 1. The number of hydrogen-bond donors (Lipinski definition) is 1. The Bertz CT molecular complexity index is 1550. The Morgan fingerprint density at radius 3 is 2.18 bits per heavy atom. The van der Waals surface area contributed by atoms with Crippen molar-refractivity contribution in [3.05, 3.63) is 60.2 Å². The zero-order chi connectivity index (χ0) is 27.4. The molecule has 0 bridgehead atoms. The van der Waals surface area contributed by atoms with E-state index in [2.05, 4.69) is 29.9 Å². The highest BCUT2D eigenvalue weighted by molar-refractivity contribution is 7.94. The lowest BCUT2D eigenvalue weighted by Crippen LogP contribution is -2.34. The molecule has 4 aromatic rings. The molecule has 38 heavy (non-hydrogen) atoms. The van der Waals surface area contributed by atoms with E-state index in [1.807, 2.05) is 0 Å². The van der Waals surface area contributed by atoms with Gasteiger partial charge in [0.25, 0.3) is 0 Å². The van der Waals surface area contributed by atoms with Gasteiger partial charge in [0.1, 0.15) is 28.1 Å². The molecule has 1 aromatic carbocycles. The number of aryl methyl sites for hydroxylation is 1. The van der Waals surface area contributed by atoms with Crippen molar-refractivity contribution in [1.29, 1.82) is 0 Å². The minimum atomic E-state index is -4.35. The quantitative estimate of drug-likeness (QED) is 0.295. The third kappa shape index (κ3) is 5.11. The van der Waals surface area contributed by atoms with Crippen molar-refractivity contribution in [3.8, 4) is 34.6 Å². The number of Topliss-reactive ketones (excluding diaryl/α,β-unsaturated/α-hetero) is 1. The molecule has 1 N–H and O–H groups in total. The van der Waals surface area contributed by atoms with Gasteiger partial charge < -0.3 is 14.2 Å². The topological polar surface area (TPSA) is 160 Å². The minimum Gasteiger partial charge on any atom is -0.494 e. The molecule has 0 saturated carbocycles.